The van der Waals surface area contributed by atoms with Gasteiger partial charge in [0.1, 0.15) is 5.78 Å². The third-order valence-corrected chi connectivity index (χ3v) is 4.18. The maximum atomic E-state index is 11.9. The van der Waals surface area contributed by atoms with Crippen LogP contribution in [0, 0.1) is 11.8 Å². The Morgan fingerprint density at radius 2 is 1.75 bits per heavy atom. The van der Waals surface area contributed by atoms with Crippen LogP contribution in [-0.4, -0.2) is 24.1 Å². The Hall–Kier alpha value is -1.69. The summed E-state index contributed by atoms with van der Waals surface area (Å²) in [4.78, 5) is 35.2. The highest BCUT2D eigenvalue weighted by Gasteiger charge is 2.17. The molecule has 5 nitrogen and oxygen atoms in total. The Morgan fingerprint density at radius 3 is 2.29 bits per heavy atom. The van der Waals surface area contributed by atoms with Gasteiger partial charge in [-0.3, -0.25) is 9.59 Å². The summed E-state index contributed by atoms with van der Waals surface area (Å²) in [5, 5.41) is 5.20. The molecule has 0 fully saturated rings. The van der Waals surface area contributed by atoms with Crippen molar-refractivity contribution in [3.8, 4) is 0 Å². The zero-order valence-corrected chi connectivity index (χ0v) is 16.0. The molecule has 1 atom stereocenters. The van der Waals surface area contributed by atoms with Gasteiger partial charge in [0.15, 0.2) is 5.78 Å². The second-order valence-electron chi connectivity index (χ2n) is 6.33. The quantitative estimate of drug-likeness (QED) is 0.657. The van der Waals surface area contributed by atoms with Gasteiger partial charge in [-0.15, -0.1) is 0 Å². The number of anilines is 1. The number of nitrogens with one attached hydrogen (secondary N) is 2. The Balaban J connectivity index is 2.33. The Labute approximate surface area is 151 Å². The molecule has 1 unspecified atom stereocenters. The standard InChI is InChI=1S/C18H25BrN2O3/c1-12(2)10-14(13(3)22)4-9-17(23)11-20-18(24)21-16-7-5-15(19)6-8-16/h5-8,12,14H,4,9-11H2,1-3H3,(H2,20,21,24). The number of amides is 2. The monoisotopic (exact) mass is 396 g/mol. The molecular formula is C18H25BrN2O3. The highest BCUT2D eigenvalue weighted by Crippen LogP contribution is 2.18. The summed E-state index contributed by atoms with van der Waals surface area (Å²) in [6, 6.07) is 6.73. The van der Waals surface area contributed by atoms with Crippen molar-refractivity contribution in [3.63, 3.8) is 0 Å². The fourth-order valence-corrected chi connectivity index (χ4v) is 2.63. The summed E-state index contributed by atoms with van der Waals surface area (Å²) in [5.74, 6) is 0.391. The van der Waals surface area contributed by atoms with Crippen LogP contribution in [0.3, 0.4) is 0 Å². The Morgan fingerprint density at radius 1 is 1.12 bits per heavy atom. The first kappa shape index (κ1) is 20.4. The Bertz CT molecular complexity index is 570. The van der Waals surface area contributed by atoms with Gasteiger partial charge >= 0.3 is 6.03 Å². The first-order valence-electron chi connectivity index (χ1n) is 8.10. The Kier molecular flexibility index (Phi) is 8.68. The number of hydrogen-bond acceptors (Lipinski definition) is 3. The molecule has 1 rings (SSSR count). The van der Waals surface area contributed by atoms with Gasteiger partial charge in [-0.1, -0.05) is 29.8 Å². The lowest BCUT2D eigenvalue weighted by molar-refractivity contribution is -0.122. The van der Waals surface area contributed by atoms with Crippen LogP contribution in [0.5, 0.6) is 0 Å². The van der Waals surface area contributed by atoms with E-state index < -0.39 is 6.03 Å². The number of halogens is 1. The van der Waals surface area contributed by atoms with Gasteiger partial charge in [0.05, 0.1) is 6.54 Å². The van der Waals surface area contributed by atoms with E-state index in [4.69, 9.17) is 0 Å². The van der Waals surface area contributed by atoms with Crippen molar-refractivity contribution in [2.45, 2.75) is 40.0 Å². The molecule has 132 valence electrons. The predicted octanol–water partition coefficient (Wildman–Crippen LogP) is 4.17. The molecule has 2 amide bonds. The van der Waals surface area contributed by atoms with Gasteiger partial charge in [0.25, 0.3) is 0 Å². The number of hydrogen-bond donors (Lipinski definition) is 2. The minimum Gasteiger partial charge on any atom is -0.331 e. The molecule has 0 radical (unpaired) electrons. The van der Waals surface area contributed by atoms with E-state index in [0.717, 1.165) is 10.9 Å². The first-order chi connectivity index (χ1) is 11.3. The molecule has 0 aromatic heterocycles. The zero-order chi connectivity index (χ0) is 18.1. The molecule has 1 aromatic rings. The van der Waals surface area contributed by atoms with E-state index >= 15 is 0 Å². The third-order valence-electron chi connectivity index (χ3n) is 3.65. The van der Waals surface area contributed by atoms with Crippen LogP contribution in [0.25, 0.3) is 0 Å². The maximum absolute atomic E-state index is 11.9. The van der Waals surface area contributed by atoms with Crippen molar-refractivity contribution in [1.82, 2.24) is 5.32 Å². The number of rotatable bonds is 9. The summed E-state index contributed by atoms with van der Waals surface area (Å²) in [6.45, 7) is 5.66. The van der Waals surface area contributed by atoms with E-state index in [2.05, 4.69) is 40.4 Å². The van der Waals surface area contributed by atoms with Crippen molar-refractivity contribution in [1.29, 1.82) is 0 Å². The lowest BCUT2D eigenvalue weighted by atomic mass is 9.89. The SMILES string of the molecule is CC(=O)C(CCC(=O)CNC(=O)Nc1ccc(Br)cc1)CC(C)C. The topological polar surface area (TPSA) is 75.3 Å². The van der Waals surface area contributed by atoms with E-state index in [1.165, 1.54) is 0 Å². The molecule has 0 aliphatic rings. The van der Waals surface area contributed by atoms with Crippen LogP contribution in [-0.2, 0) is 9.59 Å². The maximum Gasteiger partial charge on any atom is 0.319 e. The van der Waals surface area contributed by atoms with Gasteiger partial charge in [-0.2, -0.15) is 0 Å². The van der Waals surface area contributed by atoms with Crippen LogP contribution < -0.4 is 10.6 Å². The predicted molar refractivity (Wildman–Crippen MR) is 99.0 cm³/mol. The summed E-state index contributed by atoms with van der Waals surface area (Å²) in [5.41, 5.74) is 0.650. The first-order valence-corrected chi connectivity index (χ1v) is 8.89. The van der Waals surface area contributed by atoms with Crippen LogP contribution >= 0.6 is 15.9 Å². The van der Waals surface area contributed by atoms with Crippen molar-refractivity contribution in [3.05, 3.63) is 28.7 Å². The molecule has 2 N–H and O–H groups in total. The average molecular weight is 397 g/mol. The number of carbonyl (C=O) groups excluding carboxylic acids is 3. The van der Waals surface area contributed by atoms with Crippen molar-refractivity contribution >= 4 is 39.2 Å². The van der Waals surface area contributed by atoms with Crippen molar-refractivity contribution in [2.75, 3.05) is 11.9 Å². The number of benzene rings is 1. The van der Waals surface area contributed by atoms with Gasteiger partial charge in [0.2, 0.25) is 0 Å². The molecule has 0 aliphatic heterocycles. The van der Waals surface area contributed by atoms with Crippen LogP contribution in [0.1, 0.15) is 40.0 Å². The minimum absolute atomic E-state index is 0.0331. The summed E-state index contributed by atoms with van der Waals surface area (Å²) >= 11 is 3.32. The van der Waals surface area contributed by atoms with Gasteiger partial charge < -0.3 is 10.6 Å². The molecule has 0 aliphatic carbocycles. The molecule has 0 heterocycles. The lowest BCUT2D eigenvalue weighted by Gasteiger charge is -2.15. The van der Waals surface area contributed by atoms with Crippen molar-refractivity contribution in [2.24, 2.45) is 11.8 Å². The van der Waals surface area contributed by atoms with Crippen LogP contribution in [0.2, 0.25) is 0 Å². The average Bonchev–Trinajstić information content (AvgIpc) is 2.51. The van der Waals surface area contributed by atoms with E-state index in [1.807, 2.05) is 12.1 Å². The van der Waals surface area contributed by atoms with E-state index in [1.54, 1.807) is 19.1 Å². The summed E-state index contributed by atoms with van der Waals surface area (Å²) in [7, 11) is 0. The number of Topliss-reactive ketones (excluding diaryl/α,β-unsaturated/α-hetero) is 2. The van der Waals surface area contributed by atoms with Crippen LogP contribution in [0.4, 0.5) is 10.5 Å². The smallest absolute Gasteiger partial charge is 0.319 e. The van der Waals surface area contributed by atoms with E-state index in [-0.39, 0.29) is 24.0 Å². The normalized spacial score (nSPS) is 11.9. The lowest BCUT2D eigenvalue weighted by Crippen LogP contribution is -2.33. The van der Waals surface area contributed by atoms with E-state index in [0.29, 0.717) is 24.4 Å². The molecule has 0 saturated carbocycles. The molecule has 1 aromatic carbocycles. The minimum atomic E-state index is -0.420. The number of ketones is 2. The zero-order valence-electron chi connectivity index (χ0n) is 14.4. The van der Waals surface area contributed by atoms with Crippen molar-refractivity contribution < 1.29 is 14.4 Å². The third kappa shape index (κ3) is 8.24. The largest absolute Gasteiger partial charge is 0.331 e. The van der Waals surface area contributed by atoms with E-state index in [9.17, 15) is 14.4 Å². The fraction of sp³-hybridized carbons (Fsp3) is 0.500. The van der Waals surface area contributed by atoms with Crippen LogP contribution in [0.15, 0.2) is 28.7 Å². The number of carbonyl (C=O) groups is 3. The highest BCUT2D eigenvalue weighted by atomic mass is 79.9. The molecule has 24 heavy (non-hydrogen) atoms. The second kappa shape index (κ2) is 10.2. The van der Waals surface area contributed by atoms with Gasteiger partial charge in [-0.25, -0.2) is 4.79 Å². The molecule has 0 bridgehead atoms. The van der Waals surface area contributed by atoms with Gasteiger partial charge in [-0.05, 0) is 49.9 Å². The molecule has 0 saturated heterocycles. The molecule has 6 heteroatoms. The number of urea groups is 1. The molecule has 0 spiro atoms. The van der Waals surface area contributed by atoms with Gasteiger partial charge in [0, 0.05) is 22.5 Å². The fourth-order valence-electron chi connectivity index (χ4n) is 2.37. The summed E-state index contributed by atoms with van der Waals surface area (Å²) < 4.78 is 0.921. The highest BCUT2D eigenvalue weighted by molar-refractivity contribution is 9.10. The summed E-state index contributed by atoms with van der Waals surface area (Å²) in [6.07, 6.45) is 1.64. The second-order valence-corrected chi connectivity index (χ2v) is 7.24. The molecular weight excluding hydrogens is 372 g/mol.